The first kappa shape index (κ1) is 17.3. The van der Waals surface area contributed by atoms with E-state index in [2.05, 4.69) is 36.4 Å². The van der Waals surface area contributed by atoms with E-state index in [4.69, 9.17) is 9.47 Å². The molecule has 2 aliphatic rings. The third-order valence-electron chi connectivity index (χ3n) is 5.31. The summed E-state index contributed by atoms with van der Waals surface area (Å²) in [7, 11) is 0. The van der Waals surface area contributed by atoms with Crippen LogP contribution in [-0.4, -0.2) is 42.9 Å². The van der Waals surface area contributed by atoms with Crippen molar-refractivity contribution in [3.8, 4) is 11.1 Å². The predicted octanol–water partition coefficient (Wildman–Crippen LogP) is 3.65. The van der Waals surface area contributed by atoms with Crippen molar-refractivity contribution in [2.45, 2.75) is 31.5 Å². The van der Waals surface area contributed by atoms with Crippen LogP contribution in [0, 0.1) is 0 Å². The molecule has 0 atom stereocenters. The molecule has 2 aromatic carbocycles. The molecule has 2 fully saturated rings. The number of benzene rings is 2. The van der Waals surface area contributed by atoms with Crippen LogP contribution in [0.5, 0.6) is 0 Å². The quantitative estimate of drug-likeness (QED) is 0.847. The predicted molar refractivity (Wildman–Crippen MR) is 101 cm³/mol. The molecular formula is C22H25NO3. The third-order valence-corrected chi connectivity index (χ3v) is 5.31. The van der Waals surface area contributed by atoms with Gasteiger partial charge in [-0.05, 0) is 23.1 Å². The molecule has 0 bridgehead atoms. The molecule has 0 N–H and O–H groups in total. The summed E-state index contributed by atoms with van der Waals surface area (Å²) in [6.45, 7) is 2.95. The third kappa shape index (κ3) is 3.81. The van der Waals surface area contributed by atoms with Crippen LogP contribution < -0.4 is 0 Å². The number of ether oxygens (including phenoxy) is 2. The van der Waals surface area contributed by atoms with E-state index in [0.29, 0.717) is 19.5 Å². The van der Waals surface area contributed by atoms with Gasteiger partial charge in [0.25, 0.3) is 0 Å². The summed E-state index contributed by atoms with van der Waals surface area (Å²) < 4.78 is 11.7. The van der Waals surface area contributed by atoms with Crippen LogP contribution in [0.15, 0.2) is 54.6 Å². The minimum Gasteiger partial charge on any atom is -0.350 e. The Labute approximate surface area is 154 Å². The minimum atomic E-state index is -0.438. The average Bonchev–Trinajstić information content (AvgIpc) is 2.70. The summed E-state index contributed by atoms with van der Waals surface area (Å²) in [5, 5.41) is 0. The fourth-order valence-corrected chi connectivity index (χ4v) is 3.73. The number of nitrogens with zero attached hydrogens (tertiary/aromatic N) is 1. The number of piperidine rings is 1. The molecule has 0 radical (unpaired) electrons. The van der Waals surface area contributed by atoms with E-state index in [1.54, 1.807) is 0 Å². The van der Waals surface area contributed by atoms with Gasteiger partial charge in [0.2, 0.25) is 5.91 Å². The molecular weight excluding hydrogens is 326 g/mol. The van der Waals surface area contributed by atoms with Crippen LogP contribution in [0.3, 0.4) is 0 Å². The highest BCUT2D eigenvalue weighted by Crippen LogP contribution is 2.31. The fourth-order valence-electron chi connectivity index (χ4n) is 3.73. The van der Waals surface area contributed by atoms with E-state index in [1.165, 1.54) is 11.1 Å². The summed E-state index contributed by atoms with van der Waals surface area (Å²) in [4.78, 5) is 14.6. The molecule has 2 aromatic rings. The van der Waals surface area contributed by atoms with Crippen molar-refractivity contribution in [3.63, 3.8) is 0 Å². The Hall–Kier alpha value is -2.17. The number of likely N-dealkylation sites (tertiary alicyclic amines) is 1. The van der Waals surface area contributed by atoms with Gasteiger partial charge in [-0.15, -0.1) is 0 Å². The Balaban J connectivity index is 1.34. The van der Waals surface area contributed by atoms with Gasteiger partial charge < -0.3 is 14.4 Å². The Morgan fingerprint density at radius 1 is 0.885 bits per heavy atom. The van der Waals surface area contributed by atoms with E-state index in [1.807, 2.05) is 23.1 Å². The van der Waals surface area contributed by atoms with Crippen molar-refractivity contribution >= 4 is 5.91 Å². The maximum Gasteiger partial charge on any atom is 0.226 e. The molecule has 1 spiro atoms. The van der Waals surface area contributed by atoms with E-state index in [-0.39, 0.29) is 5.91 Å². The number of carbonyl (C=O) groups is 1. The monoisotopic (exact) mass is 351 g/mol. The second-order valence-electron chi connectivity index (χ2n) is 7.08. The molecule has 1 amide bonds. The second kappa shape index (κ2) is 7.60. The zero-order valence-corrected chi connectivity index (χ0v) is 15.0. The van der Waals surface area contributed by atoms with Gasteiger partial charge in [-0.1, -0.05) is 54.6 Å². The van der Waals surface area contributed by atoms with Gasteiger partial charge in [0.15, 0.2) is 5.79 Å². The van der Waals surface area contributed by atoms with Gasteiger partial charge in [-0.2, -0.15) is 0 Å². The number of amides is 1. The maximum atomic E-state index is 12.6. The highest BCUT2D eigenvalue weighted by atomic mass is 16.7. The van der Waals surface area contributed by atoms with E-state index >= 15 is 0 Å². The van der Waals surface area contributed by atoms with Gasteiger partial charge in [0, 0.05) is 25.9 Å². The summed E-state index contributed by atoms with van der Waals surface area (Å²) in [6, 6.07) is 18.6. The van der Waals surface area contributed by atoms with Crippen molar-refractivity contribution in [1.29, 1.82) is 0 Å². The minimum absolute atomic E-state index is 0.183. The molecule has 136 valence electrons. The lowest BCUT2D eigenvalue weighted by Crippen LogP contribution is -2.51. The number of hydrogen-bond donors (Lipinski definition) is 0. The number of carbonyl (C=O) groups excluding carboxylic acids is 1. The molecule has 0 saturated carbocycles. The number of rotatable bonds is 3. The van der Waals surface area contributed by atoms with E-state index in [0.717, 1.165) is 38.0 Å². The Morgan fingerprint density at radius 2 is 1.50 bits per heavy atom. The van der Waals surface area contributed by atoms with Crippen LogP contribution in [0.1, 0.15) is 24.8 Å². The topological polar surface area (TPSA) is 38.8 Å². The smallest absolute Gasteiger partial charge is 0.226 e. The lowest BCUT2D eigenvalue weighted by Gasteiger charge is -2.43. The molecule has 0 unspecified atom stereocenters. The first-order valence-electron chi connectivity index (χ1n) is 9.44. The average molecular weight is 351 g/mol. The van der Waals surface area contributed by atoms with E-state index in [9.17, 15) is 4.79 Å². The van der Waals surface area contributed by atoms with Crippen molar-refractivity contribution in [2.75, 3.05) is 26.3 Å². The zero-order chi connectivity index (χ0) is 17.8. The summed E-state index contributed by atoms with van der Waals surface area (Å²) in [5.41, 5.74) is 3.42. The summed E-state index contributed by atoms with van der Waals surface area (Å²) in [6.07, 6.45) is 2.95. The lowest BCUT2D eigenvalue weighted by atomic mass is 10.0. The highest BCUT2D eigenvalue weighted by molar-refractivity contribution is 5.79. The zero-order valence-electron chi connectivity index (χ0n) is 15.0. The molecule has 2 saturated heterocycles. The molecule has 4 nitrogen and oxygen atoms in total. The van der Waals surface area contributed by atoms with Crippen molar-refractivity contribution in [3.05, 3.63) is 60.2 Å². The largest absolute Gasteiger partial charge is 0.350 e. The Morgan fingerprint density at radius 3 is 2.15 bits per heavy atom. The molecule has 2 aliphatic heterocycles. The molecule has 26 heavy (non-hydrogen) atoms. The first-order chi connectivity index (χ1) is 12.7. The van der Waals surface area contributed by atoms with Crippen LogP contribution >= 0.6 is 0 Å². The first-order valence-corrected chi connectivity index (χ1v) is 9.44. The summed E-state index contributed by atoms with van der Waals surface area (Å²) >= 11 is 0. The van der Waals surface area contributed by atoms with E-state index < -0.39 is 5.79 Å². The molecule has 4 heteroatoms. The van der Waals surface area contributed by atoms with Gasteiger partial charge in [0.05, 0.1) is 19.6 Å². The van der Waals surface area contributed by atoms with Crippen molar-refractivity contribution in [2.24, 2.45) is 0 Å². The van der Waals surface area contributed by atoms with Gasteiger partial charge >= 0.3 is 0 Å². The van der Waals surface area contributed by atoms with Crippen LogP contribution in [0.4, 0.5) is 0 Å². The van der Waals surface area contributed by atoms with Crippen molar-refractivity contribution in [1.82, 2.24) is 4.90 Å². The van der Waals surface area contributed by atoms with Gasteiger partial charge in [-0.25, -0.2) is 0 Å². The van der Waals surface area contributed by atoms with Crippen LogP contribution in [0.2, 0.25) is 0 Å². The molecule has 0 aromatic heterocycles. The van der Waals surface area contributed by atoms with Gasteiger partial charge in [0.1, 0.15) is 0 Å². The maximum absolute atomic E-state index is 12.6. The number of hydrogen-bond acceptors (Lipinski definition) is 3. The van der Waals surface area contributed by atoms with Crippen LogP contribution in [-0.2, 0) is 20.7 Å². The lowest BCUT2D eigenvalue weighted by molar-refractivity contribution is -0.282. The fraction of sp³-hybridized carbons (Fsp3) is 0.409. The summed E-state index contributed by atoms with van der Waals surface area (Å²) in [5.74, 6) is -0.255. The van der Waals surface area contributed by atoms with Gasteiger partial charge in [-0.3, -0.25) is 4.79 Å². The SMILES string of the molecule is O=C(Cc1ccc(-c2ccccc2)cc1)N1CCC2(CC1)OCCCO2. The van der Waals surface area contributed by atoms with Crippen LogP contribution in [0.25, 0.3) is 11.1 Å². The molecule has 2 heterocycles. The van der Waals surface area contributed by atoms with Crippen molar-refractivity contribution < 1.29 is 14.3 Å². The molecule has 4 rings (SSSR count). The Kier molecular flexibility index (Phi) is 5.05. The normalized spacial score (nSPS) is 19.5. The standard InChI is InChI=1S/C22H25NO3/c24-21(23-13-11-22(12-14-23)25-15-4-16-26-22)17-18-7-9-20(10-8-18)19-5-2-1-3-6-19/h1-3,5-10H,4,11-17H2. The highest BCUT2D eigenvalue weighted by Gasteiger charge is 2.39. The Bertz CT molecular complexity index is 726. The molecule has 0 aliphatic carbocycles. The second-order valence-corrected chi connectivity index (χ2v) is 7.08.